The third-order valence-electron chi connectivity index (χ3n) is 5.35. The molecule has 4 rings (SSSR count). The molecule has 1 saturated heterocycles. The first kappa shape index (κ1) is 15.5. The number of fused-ring (bicyclic) bond motifs is 1. The summed E-state index contributed by atoms with van der Waals surface area (Å²) in [6.45, 7) is 2.20. The Kier molecular flexibility index (Phi) is 4.39. The van der Waals surface area contributed by atoms with Crippen LogP contribution in [0.4, 0.5) is 0 Å². The van der Waals surface area contributed by atoms with Gasteiger partial charge in [0.2, 0.25) is 0 Å². The predicted octanol–water partition coefficient (Wildman–Crippen LogP) is 2.40. The van der Waals surface area contributed by atoms with E-state index < -0.39 is 0 Å². The Morgan fingerprint density at radius 2 is 2.08 bits per heavy atom. The molecule has 4 aliphatic rings. The highest BCUT2D eigenvalue weighted by Crippen LogP contribution is 2.35. The first-order valence-electron chi connectivity index (χ1n) is 9.04. The molecule has 4 nitrogen and oxygen atoms in total. The average molecular weight is 322 g/mol. The van der Waals surface area contributed by atoms with E-state index in [2.05, 4.69) is 52.2 Å². The zero-order chi connectivity index (χ0) is 16.4. The molecule has 2 aliphatic carbocycles. The Labute approximate surface area is 144 Å². The summed E-state index contributed by atoms with van der Waals surface area (Å²) in [7, 11) is 0. The van der Waals surface area contributed by atoms with Crippen molar-refractivity contribution in [2.75, 3.05) is 13.1 Å². The van der Waals surface area contributed by atoms with E-state index in [4.69, 9.17) is 5.73 Å². The quantitative estimate of drug-likeness (QED) is 0.748. The number of hydrogen-bond donors (Lipinski definition) is 3. The zero-order valence-corrected chi connectivity index (χ0v) is 14.0. The van der Waals surface area contributed by atoms with Crippen molar-refractivity contribution in [3.63, 3.8) is 0 Å². The monoisotopic (exact) mass is 322 g/mol. The number of allylic oxidation sites excluding steroid dienone is 8. The molecule has 0 bridgehead atoms. The molecule has 0 spiro atoms. The summed E-state index contributed by atoms with van der Waals surface area (Å²) in [4.78, 5) is 4.38. The van der Waals surface area contributed by atoms with Gasteiger partial charge >= 0.3 is 0 Å². The van der Waals surface area contributed by atoms with Crippen LogP contribution in [0.3, 0.4) is 0 Å². The predicted molar refractivity (Wildman–Crippen MR) is 99.3 cm³/mol. The van der Waals surface area contributed by atoms with Crippen LogP contribution in [0.5, 0.6) is 0 Å². The van der Waals surface area contributed by atoms with Crippen molar-refractivity contribution in [3.8, 4) is 0 Å². The lowest BCUT2D eigenvalue weighted by molar-refractivity contribution is 0.397. The molecule has 2 aliphatic heterocycles. The summed E-state index contributed by atoms with van der Waals surface area (Å²) in [5.41, 5.74) is 9.58. The van der Waals surface area contributed by atoms with E-state index in [1.165, 1.54) is 24.1 Å². The van der Waals surface area contributed by atoms with Crippen LogP contribution in [0.1, 0.15) is 19.3 Å². The van der Waals surface area contributed by atoms with Gasteiger partial charge in [-0.1, -0.05) is 24.3 Å². The van der Waals surface area contributed by atoms with Gasteiger partial charge in [-0.15, -0.1) is 0 Å². The van der Waals surface area contributed by atoms with E-state index in [1.54, 1.807) is 0 Å². The molecule has 3 atom stereocenters. The van der Waals surface area contributed by atoms with Gasteiger partial charge in [0.05, 0.1) is 0 Å². The number of nitrogens with one attached hydrogen (secondary N) is 2. The van der Waals surface area contributed by atoms with Gasteiger partial charge < -0.3 is 16.4 Å². The highest BCUT2D eigenvalue weighted by atomic mass is 15.0. The number of rotatable bonds is 3. The molecular formula is C20H26N4. The van der Waals surface area contributed by atoms with E-state index in [0.29, 0.717) is 23.8 Å². The molecule has 4 heteroatoms. The lowest BCUT2D eigenvalue weighted by Crippen LogP contribution is -2.42. The normalized spacial score (nSPS) is 32.7. The molecule has 0 saturated carbocycles. The maximum atomic E-state index is 6.02. The topological polar surface area (TPSA) is 62.4 Å². The van der Waals surface area contributed by atoms with Gasteiger partial charge in [0, 0.05) is 47.6 Å². The first-order chi connectivity index (χ1) is 11.8. The molecule has 0 amide bonds. The van der Waals surface area contributed by atoms with Crippen molar-refractivity contribution in [2.45, 2.75) is 25.3 Å². The molecule has 1 fully saturated rings. The largest absolute Gasteiger partial charge is 0.399 e. The number of nitrogens with two attached hydrogens (primary N) is 1. The SMILES string of the molecule is NC1=CC(C2=CC3C=CN=CC3C(NC3CCNCC3)=C2)CC=C1. The Bertz CT molecular complexity index is 659. The Balaban J connectivity index is 1.59. The summed E-state index contributed by atoms with van der Waals surface area (Å²) in [5.74, 6) is 1.12. The van der Waals surface area contributed by atoms with E-state index >= 15 is 0 Å². The van der Waals surface area contributed by atoms with Crippen molar-refractivity contribution in [2.24, 2.45) is 28.5 Å². The van der Waals surface area contributed by atoms with Gasteiger partial charge in [-0.2, -0.15) is 0 Å². The molecule has 24 heavy (non-hydrogen) atoms. The second-order valence-electron chi connectivity index (χ2n) is 7.09. The molecule has 3 unspecified atom stereocenters. The molecule has 4 N–H and O–H groups in total. The summed E-state index contributed by atoms with van der Waals surface area (Å²) < 4.78 is 0. The van der Waals surface area contributed by atoms with Crippen LogP contribution in [0.15, 0.2) is 64.6 Å². The molecular weight excluding hydrogens is 296 g/mol. The highest BCUT2D eigenvalue weighted by molar-refractivity contribution is 5.70. The average Bonchev–Trinajstić information content (AvgIpc) is 2.62. The van der Waals surface area contributed by atoms with E-state index in [9.17, 15) is 0 Å². The van der Waals surface area contributed by atoms with Crippen molar-refractivity contribution < 1.29 is 0 Å². The van der Waals surface area contributed by atoms with Crippen LogP contribution in [0, 0.1) is 17.8 Å². The van der Waals surface area contributed by atoms with Gasteiger partial charge in [0.1, 0.15) is 0 Å². The number of aliphatic imine (C=N–C) groups is 1. The Morgan fingerprint density at radius 1 is 1.21 bits per heavy atom. The van der Waals surface area contributed by atoms with E-state index in [0.717, 1.165) is 25.2 Å². The minimum atomic E-state index is 0.342. The van der Waals surface area contributed by atoms with Crippen molar-refractivity contribution in [1.82, 2.24) is 10.6 Å². The van der Waals surface area contributed by atoms with Gasteiger partial charge in [0.25, 0.3) is 0 Å². The number of nitrogens with zero attached hydrogens (tertiary/aromatic N) is 1. The number of piperidine rings is 1. The molecule has 0 aromatic rings. The maximum Gasteiger partial charge on any atom is 0.0439 e. The van der Waals surface area contributed by atoms with Crippen LogP contribution in [0.25, 0.3) is 0 Å². The molecule has 126 valence electrons. The van der Waals surface area contributed by atoms with Crippen LogP contribution in [-0.2, 0) is 0 Å². The zero-order valence-electron chi connectivity index (χ0n) is 14.0. The fraction of sp³-hybridized carbons (Fsp3) is 0.450. The lowest BCUT2D eigenvalue weighted by Gasteiger charge is -2.34. The summed E-state index contributed by atoms with van der Waals surface area (Å²) in [6, 6.07) is 0.559. The Morgan fingerprint density at radius 3 is 2.92 bits per heavy atom. The second kappa shape index (κ2) is 6.81. The summed E-state index contributed by atoms with van der Waals surface area (Å²) >= 11 is 0. The fourth-order valence-corrected chi connectivity index (χ4v) is 4.01. The standard InChI is InChI=1S/C20H26N4/c21-17-3-1-2-14(11-17)16-10-15-4-7-23-13-19(15)20(12-16)24-18-5-8-22-9-6-18/h1,3-4,7,10-15,18-19,22,24H,2,5-6,8-9,21H2. The van der Waals surface area contributed by atoms with Crippen molar-refractivity contribution in [1.29, 1.82) is 0 Å². The van der Waals surface area contributed by atoms with Crippen molar-refractivity contribution >= 4 is 6.21 Å². The molecule has 0 radical (unpaired) electrons. The maximum absolute atomic E-state index is 6.02. The van der Waals surface area contributed by atoms with E-state index in [-0.39, 0.29) is 0 Å². The van der Waals surface area contributed by atoms with Crippen LogP contribution in [0.2, 0.25) is 0 Å². The highest BCUT2D eigenvalue weighted by Gasteiger charge is 2.29. The Hall–Kier alpha value is -2.07. The van der Waals surface area contributed by atoms with Crippen LogP contribution in [-0.4, -0.2) is 25.3 Å². The summed E-state index contributed by atoms with van der Waals surface area (Å²) in [5, 5.41) is 7.26. The molecule has 0 aromatic carbocycles. The van der Waals surface area contributed by atoms with Gasteiger partial charge in [0.15, 0.2) is 0 Å². The third-order valence-corrected chi connectivity index (χ3v) is 5.35. The molecule has 2 heterocycles. The minimum absolute atomic E-state index is 0.342. The summed E-state index contributed by atoms with van der Waals surface area (Å²) in [6.07, 6.45) is 20.7. The second-order valence-corrected chi connectivity index (χ2v) is 7.09. The van der Waals surface area contributed by atoms with Crippen LogP contribution < -0.4 is 16.4 Å². The minimum Gasteiger partial charge on any atom is -0.399 e. The smallest absolute Gasteiger partial charge is 0.0439 e. The fourth-order valence-electron chi connectivity index (χ4n) is 4.01. The number of hydrogen-bond acceptors (Lipinski definition) is 4. The first-order valence-corrected chi connectivity index (χ1v) is 9.04. The van der Waals surface area contributed by atoms with Crippen molar-refractivity contribution in [3.05, 3.63) is 59.6 Å². The third kappa shape index (κ3) is 3.24. The van der Waals surface area contributed by atoms with E-state index in [1.807, 2.05) is 12.3 Å². The van der Waals surface area contributed by atoms with Gasteiger partial charge in [-0.3, -0.25) is 4.99 Å². The van der Waals surface area contributed by atoms with Gasteiger partial charge in [-0.25, -0.2) is 0 Å². The lowest BCUT2D eigenvalue weighted by atomic mass is 9.78. The molecule has 0 aromatic heterocycles. The van der Waals surface area contributed by atoms with Crippen LogP contribution >= 0.6 is 0 Å². The van der Waals surface area contributed by atoms with Gasteiger partial charge in [-0.05, 0) is 50.1 Å².